The van der Waals surface area contributed by atoms with E-state index in [0.717, 1.165) is 17.9 Å². The lowest BCUT2D eigenvalue weighted by Crippen LogP contribution is -2.54. The molecule has 0 spiro atoms. The lowest BCUT2D eigenvalue weighted by atomic mass is 10.1. The van der Waals surface area contributed by atoms with Crippen molar-refractivity contribution in [3.63, 3.8) is 0 Å². The van der Waals surface area contributed by atoms with Crippen molar-refractivity contribution in [2.45, 2.75) is 39.4 Å². The van der Waals surface area contributed by atoms with Crippen LogP contribution in [0.2, 0.25) is 0 Å². The van der Waals surface area contributed by atoms with Gasteiger partial charge in [0.25, 0.3) is 0 Å². The Hall–Kier alpha value is -0.940. The standard InChI is InChI=1S/C12H19ClN4O/c1-8-9(2)15-16-11(14-8)17-6-10(5-13)18-12(3,4)7-17/h10H,5-7H2,1-4H3. The molecule has 1 fully saturated rings. The van der Waals surface area contributed by atoms with E-state index in [-0.39, 0.29) is 11.7 Å². The molecule has 1 aliphatic rings. The highest BCUT2D eigenvalue weighted by Crippen LogP contribution is 2.24. The molecule has 100 valence electrons. The summed E-state index contributed by atoms with van der Waals surface area (Å²) < 4.78 is 5.88. The number of alkyl halides is 1. The normalized spacial score (nSPS) is 23.2. The average molecular weight is 271 g/mol. The van der Waals surface area contributed by atoms with Gasteiger partial charge < -0.3 is 9.64 Å². The minimum atomic E-state index is -0.250. The van der Waals surface area contributed by atoms with E-state index in [4.69, 9.17) is 16.3 Å². The van der Waals surface area contributed by atoms with Gasteiger partial charge >= 0.3 is 0 Å². The fourth-order valence-corrected chi connectivity index (χ4v) is 2.27. The summed E-state index contributed by atoms with van der Waals surface area (Å²) in [4.78, 5) is 6.58. The molecule has 5 nitrogen and oxygen atoms in total. The summed E-state index contributed by atoms with van der Waals surface area (Å²) in [6.45, 7) is 9.39. The number of morpholine rings is 1. The van der Waals surface area contributed by atoms with E-state index in [1.165, 1.54) is 0 Å². The van der Waals surface area contributed by atoms with Crippen molar-refractivity contribution >= 4 is 17.5 Å². The van der Waals surface area contributed by atoms with Gasteiger partial charge in [-0.25, -0.2) is 4.98 Å². The van der Waals surface area contributed by atoms with Gasteiger partial charge in [0.1, 0.15) is 0 Å². The molecule has 1 unspecified atom stereocenters. The Balaban J connectivity index is 2.23. The maximum Gasteiger partial charge on any atom is 0.245 e. The van der Waals surface area contributed by atoms with Gasteiger partial charge in [0, 0.05) is 13.1 Å². The molecule has 0 aliphatic carbocycles. The summed E-state index contributed by atoms with van der Waals surface area (Å²) in [7, 11) is 0. The quantitative estimate of drug-likeness (QED) is 0.766. The highest BCUT2D eigenvalue weighted by Gasteiger charge is 2.34. The summed E-state index contributed by atoms with van der Waals surface area (Å²) >= 11 is 5.91. The Morgan fingerprint density at radius 1 is 1.33 bits per heavy atom. The Kier molecular flexibility index (Phi) is 3.73. The van der Waals surface area contributed by atoms with Crippen LogP contribution in [0.4, 0.5) is 5.95 Å². The molecule has 1 aliphatic heterocycles. The number of anilines is 1. The number of hydrogen-bond acceptors (Lipinski definition) is 5. The van der Waals surface area contributed by atoms with Crippen LogP contribution in [0.15, 0.2) is 0 Å². The monoisotopic (exact) mass is 270 g/mol. The van der Waals surface area contributed by atoms with Crippen LogP contribution in [0, 0.1) is 13.8 Å². The van der Waals surface area contributed by atoms with Crippen molar-refractivity contribution < 1.29 is 4.74 Å². The molecular formula is C12H19ClN4O. The number of aryl methyl sites for hydroxylation is 2. The zero-order chi connectivity index (χ0) is 13.3. The van der Waals surface area contributed by atoms with Crippen LogP contribution in [-0.2, 0) is 4.74 Å². The highest BCUT2D eigenvalue weighted by molar-refractivity contribution is 6.18. The third-order valence-electron chi connectivity index (χ3n) is 3.02. The van der Waals surface area contributed by atoms with E-state index in [9.17, 15) is 0 Å². The number of ether oxygens (including phenoxy) is 1. The molecule has 0 N–H and O–H groups in total. The lowest BCUT2D eigenvalue weighted by Gasteiger charge is -2.42. The Morgan fingerprint density at radius 3 is 2.67 bits per heavy atom. The van der Waals surface area contributed by atoms with Crippen molar-refractivity contribution in [1.29, 1.82) is 0 Å². The Labute approximate surface area is 113 Å². The number of rotatable bonds is 2. The molecule has 1 aromatic rings. The second-order valence-electron chi connectivity index (χ2n) is 5.32. The number of nitrogens with zero attached hydrogens (tertiary/aromatic N) is 4. The van der Waals surface area contributed by atoms with Gasteiger partial charge in [0.2, 0.25) is 5.95 Å². The van der Waals surface area contributed by atoms with Crippen molar-refractivity contribution in [3.05, 3.63) is 11.4 Å². The largest absolute Gasteiger partial charge is 0.367 e. The first-order chi connectivity index (χ1) is 8.41. The van der Waals surface area contributed by atoms with Gasteiger partial charge in [-0.3, -0.25) is 0 Å². The molecule has 1 saturated heterocycles. The first-order valence-corrected chi connectivity index (χ1v) is 6.61. The predicted octanol–water partition coefficient (Wildman–Crippen LogP) is 1.71. The zero-order valence-corrected chi connectivity index (χ0v) is 12.0. The van der Waals surface area contributed by atoms with Crippen molar-refractivity contribution in [2.24, 2.45) is 0 Å². The SMILES string of the molecule is Cc1nnc(N2CC(CCl)OC(C)(C)C2)nc1C. The maximum absolute atomic E-state index is 5.91. The Morgan fingerprint density at radius 2 is 2.06 bits per heavy atom. The third-order valence-corrected chi connectivity index (χ3v) is 3.36. The highest BCUT2D eigenvalue weighted by atomic mass is 35.5. The predicted molar refractivity (Wildman–Crippen MR) is 71.2 cm³/mol. The van der Waals surface area contributed by atoms with Gasteiger partial charge in [-0.05, 0) is 27.7 Å². The number of aromatic nitrogens is 3. The van der Waals surface area contributed by atoms with Gasteiger partial charge in [0.05, 0.1) is 29.0 Å². The first-order valence-electron chi connectivity index (χ1n) is 6.08. The van der Waals surface area contributed by atoms with Crippen molar-refractivity contribution in [1.82, 2.24) is 15.2 Å². The zero-order valence-electron chi connectivity index (χ0n) is 11.3. The van der Waals surface area contributed by atoms with E-state index >= 15 is 0 Å². The molecular weight excluding hydrogens is 252 g/mol. The van der Waals surface area contributed by atoms with Gasteiger partial charge in [-0.1, -0.05) is 0 Å². The summed E-state index contributed by atoms with van der Waals surface area (Å²) in [6, 6.07) is 0. The summed E-state index contributed by atoms with van der Waals surface area (Å²) in [5.41, 5.74) is 1.52. The van der Waals surface area contributed by atoms with Crippen LogP contribution in [0.3, 0.4) is 0 Å². The molecule has 2 rings (SSSR count). The first kappa shape index (κ1) is 13.5. The molecule has 18 heavy (non-hydrogen) atoms. The van der Waals surface area contributed by atoms with Crippen molar-refractivity contribution in [3.8, 4) is 0 Å². The molecule has 1 aromatic heterocycles. The maximum atomic E-state index is 5.91. The fraction of sp³-hybridized carbons (Fsp3) is 0.750. The number of halogens is 1. The topological polar surface area (TPSA) is 51.1 Å². The Bertz CT molecular complexity index is 438. The molecule has 0 amide bonds. The van der Waals surface area contributed by atoms with Gasteiger partial charge in [0.15, 0.2) is 0 Å². The van der Waals surface area contributed by atoms with Crippen LogP contribution in [0.1, 0.15) is 25.2 Å². The van der Waals surface area contributed by atoms with Gasteiger partial charge in [-0.2, -0.15) is 5.10 Å². The second-order valence-corrected chi connectivity index (χ2v) is 5.63. The molecule has 6 heteroatoms. The fourth-order valence-electron chi connectivity index (χ4n) is 2.11. The van der Waals surface area contributed by atoms with Crippen LogP contribution in [-0.4, -0.2) is 45.9 Å². The van der Waals surface area contributed by atoms with Gasteiger partial charge in [-0.15, -0.1) is 16.7 Å². The van der Waals surface area contributed by atoms with E-state index in [0.29, 0.717) is 18.4 Å². The molecule has 0 bridgehead atoms. The molecule has 0 saturated carbocycles. The minimum absolute atomic E-state index is 0.000579. The van der Waals surface area contributed by atoms with Crippen molar-refractivity contribution in [2.75, 3.05) is 23.9 Å². The molecule has 0 aromatic carbocycles. The summed E-state index contributed by atoms with van der Waals surface area (Å²) in [5.74, 6) is 1.13. The van der Waals surface area contributed by atoms with Crippen LogP contribution in [0.25, 0.3) is 0 Å². The number of hydrogen-bond donors (Lipinski definition) is 0. The van der Waals surface area contributed by atoms with Crippen LogP contribution < -0.4 is 4.90 Å². The van der Waals surface area contributed by atoms with Crippen LogP contribution >= 0.6 is 11.6 Å². The third kappa shape index (κ3) is 2.90. The minimum Gasteiger partial charge on any atom is -0.367 e. The average Bonchev–Trinajstić information content (AvgIpc) is 2.30. The van der Waals surface area contributed by atoms with E-state index in [2.05, 4.69) is 20.1 Å². The lowest BCUT2D eigenvalue weighted by molar-refractivity contribution is -0.0739. The summed E-state index contributed by atoms with van der Waals surface area (Å²) in [6.07, 6.45) is 0.000579. The second kappa shape index (κ2) is 4.97. The molecule has 1 atom stereocenters. The van der Waals surface area contributed by atoms with E-state index < -0.39 is 0 Å². The van der Waals surface area contributed by atoms with E-state index in [1.54, 1.807) is 0 Å². The van der Waals surface area contributed by atoms with Crippen LogP contribution in [0.5, 0.6) is 0 Å². The molecule has 2 heterocycles. The summed E-state index contributed by atoms with van der Waals surface area (Å²) in [5, 5.41) is 8.29. The van der Waals surface area contributed by atoms with E-state index in [1.807, 2.05) is 27.7 Å². The molecule has 0 radical (unpaired) electrons. The smallest absolute Gasteiger partial charge is 0.245 e.